The molecule has 1 atom stereocenters. The predicted octanol–water partition coefficient (Wildman–Crippen LogP) is 3.27. The molecule has 2 rings (SSSR count). The number of nitrogens with one attached hydrogen (secondary N) is 1. The average Bonchev–Trinajstić information content (AvgIpc) is 2.52. The van der Waals surface area contributed by atoms with Crippen LogP contribution in [0.25, 0.3) is 0 Å². The summed E-state index contributed by atoms with van der Waals surface area (Å²) in [6, 6.07) is 6.91. The molecule has 0 amide bonds. The molecule has 0 aromatic heterocycles. The van der Waals surface area contributed by atoms with Crippen LogP contribution < -0.4 is 4.72 Å². The first-order chi connectivity index (χ1) is 10.5. The van der Waals surface area contributed by atoms with Gasteiger partial charge in [-0.3, -0.25) is 0 Å². The Hall–Kier alpha value is -0.620. The Labute approximate surface area is 138 Å². The molecule has 1 heterocycles. The van der Waals surface area contributed by atoms with E-state index in [4.69, 9.17) is 11.6 Å². The van der Waals surface area contributed by atoms with Gasteiger partial charge in [0, 0.05) is 17.6 Å². The highest BCUT2D eigenvalue weighted by atomic mass is 35.5. The lowest BCUT2D eigenvalue weighted by Crippen LogP contribution is -2.40. The van der Waals surface area contributed by atoms with Crippen LogP contribution in [-0.4, -0.2) is 39.0 Å². The third-order valence-corrected chi connectivity index (χ3v) is 5.99. The van der Waals surface area contributed by atoms with Crippen LogP contribution in [0, 0.1) is 0 Å². The van der Waals surface area contributed by atoms with Crippen LogP contribution in [0.4, 0.5) is 0 Å². The normalized spacial score (nSPS) is 20.2. The number of nitrogens with zero attached hydrogens (tertiary/aromatic N) is 1. The fraction of sp³-hybridized carbons (Fsp3) is 0.625. The van der Waals surface area contributed by atoms with Gasteiger partial charge in [-0.15, -0.1) is 0 Å². The largest absolute Gasteiger partial charge is 0.300 e. The Morgan fingerprint density at radius 2 is 2.00 bits per heavy atom. The second-order valence-electron chi connectivity index (χ2n) is 5.80. The van der Waals surface area contributed by atoms with E-state index in [0.29, 0.717) is 17.6 Å². The first kappa shape index (κ1) is 17.7. The lowest BCUT2D eigenvalue weighted by molar-refractivity contribution is 0.143. The van der Waals surface area contributed by atoms with Crippen molar-refractivity contribution < 1.29 is 8.42 Å². The standard InChI is InChI=1S/C16H25ClN2O2S/c1-2-15-6-3-4-12-19(15)13-5-11-18-22(20,21)16-9-7-14(17)8-10-16/h7-10,15,18H,2-6,11-13H2,1H3/t15-/m0/s1. The molecule has 4 nitrogen and oxygen atoms in total. The van der Waals surface area contributed by atoms with Crippen molar-refractivity contribution in [3.8, 4) is 0 Å². The number of sulfonamides is 1. The minimum absolute atomic E-state index is 0.265. The summed E-state index contributed by atoms with van der Waals surface area (Å²) < 4.78 is 27.0. The van der Waals surface area contributed by atoms with Crippen molar-refractivity contribution in [3.63, 3.8) is 0 Å². The van der Waals surface area contributed by atoms with Gasteiger partial charge in [-0.25, -0.2) is 13.1 Å². The van der Waals surface area contributed by atoms with Crippen LogP contribution in [0.15, 0.2) is 29.2 Å². The SMILES string of the molecule is CC[C@H]1CCCCN1CCCNS(=O)(=O)c1ccc(Cl)cc1. The van der Waals surface area contributed by atoms with Crippen molar-refractivity contribution in [3.05, 3.63) is 29.3 Å². The summed E-state index contributed by atoms with van der Waals surface area (Å²) in [5, 5.41) is 0.537. The van der Waals surface area contributed by atoms with Crippen LogP contribution in [0.5, 0.6) is 0 Å². The highest BCUT2D eigenvalue weighted by Gasteiger charge is 2.20. The first-order valence-corrected chi connectivity index (χ1v) is 9.88. The zero-order chi connectivity index (χ0) is 16.0. The molecule has 1 aromatic rings. The molecule has 1 N–H and O–H groups in total. The first-order valence-electron chi connectivity index (χ1n) is 8.02. The Balaban J connectivity index is 1.79. The van der Waals surface area contributed by atoms with E-state index >= 15 is 0 Å². The number of rotatable bonds is 7. The number of hydrogen-bond acceptors (Lipinski definition) is 3. The molecule has 1 aromatic carbocycles. The Morgan fingerprint density at radius 3 is 2.68 bits per heavy atom. The maximum absolute atomic E-state index is 12.1. The van der Waals surface area contributed by atoms with Gasteiger partial charge in [-0.1, -0.05) is 24.9 Å². The highest BCUT2D eigenvalue weighted by molar-refractivity contribution is 7.89. The fourth-order valence-electron chi connectivity index (χ4n) is 3.00. The smallest absolute Gasteiger partial charge is 0.240 e. The summed E-state index contributed by atoms with van der Waals surface area (Å²) in [6.07, 6.45) is 5.86. The third-order valence-electron chi connectivity index (χ3n) is 4.26. The molecule has 0 aliphatic carbocycles. The molecular formula is C16H25ClN2O2S. The zero-order valence-corrected chi connectivity index (χ0v) is 14.7. The van der Waals surface area contributed by atoms with Gasteiger partial charge in [0.15, 0.2) is 0 Å². The average molecular weight is 345 g/mol. The van der Waals surface area contributed by atoms with E-state index in [9.17, 15) is 8.42 Å². The number of benzene rings is 1. The molecule has 0 unspecified atom stereocenters. The van der Waals surface area contributed by atoms with Crippen molar-refractivity contribution in [2.45, 2.75) is 50.0 Å². The molecule has 1 fully saturated rings. The van der Waals surface area contributed by atoms with Gasteiger partial charge in [0.2, 0.25) is 10.0 Å². The Morgan fingerprint density at radius 1 is 1.27 bits per heavy atom. The summed E-state index contributed by atoms with van der Waals surface area (Å²) in [5.74, 6) is 0. The minimum Gasteiger partial charge on any atom is -0.300 e. The van der Waals surface area contributed by atoms with Crippen molar-refractivity contribution in [1.29, 1.82) is 0 Å². The molecule has 0 radical (unpaired) electrons. The molecule has 1 aliphatic rings. The van der Waals surface area contributed by atoms with Crippen molar-refractivity contribution in [2.24, 2.45) is 0 Å². The van der Waals surface area contributed by atoms with Crippen molar-refractivity contribution >= 4 is 21.6 Å². The zero-order valence-electron chi connectivity index (χ0n) is 13.1. The molecule has 0 saturated carbocycles. The quantitative estimate of drug-likeness (QED) is 0.772. The summed E-state index contributed by atoms with van der Waals surface area (Å²) >= 11 is 5.78. The predicted molar refractivity (Wildman–Crippen MR) is 90.8 cm³/mol. The van der Waals surface area contributed by atoms with Gasteiger partial charge >= 0.3 is 0 Å². The highest BCUT2D eigenvalue weighted by Crippen LogP contribution is 2.19. The summed E-state index contributed by atoms with van der Waals surface area (Å²) in [6.45, 7) is 4.80. The van der Waals surface area contributed by atoms with Gasteiger partial charge < -0.3 is 4.90 Å². The third kappa shape index (κ3) is 4.95. The van der Waals surface area contributed by atoms with Crippen molar-refractivity contribution in [1.82, 2.24) is 9.62 Å². The number of halogens is 1. The monoisotopic (exact) mass is 344 g/mol. The number of likely N-dealkylation sites (tertiary alicyclic amines) is 1. The lowest BCUT2D eigenvalue weighted by Gasteiger charge is -2.35. The minimum atomic E-state index is -3.43. The van der Waals surface area contributed by atoms with Crippen LogP contribution in [-0.2, 0) is 10.0 Å². The maximum Gasteiger partial charge on any atom is 0.240 e. The van der Waals surface area contributed by atoms with Gasteiger partial charge in [0.1, 0.15) is 0 Å². The second kappa shape index (κ2) is 8.29. The maximum atomic E-state index is 12.1. The van der Waals surface area contributed by atoms with Gasteiger partial charge in [0.25, 0.3) is 0 Å². The van der Waals surface area contributed by atoms with E-state index in [-0.39, 0.29) is 4.90 Å². The topological polar surface area (TPSA) is 49.4 Å². The van der Waals surface area contributed by atoms with Crippen LogP contribution in [0.1, 0.15) is 39.0 Å². The van der Waals surface area contributed by atoms with Crippen LogP contribution >= 0.6 is 11.6 Å². The summed E-state index contributed by atoms with van der Waals surface area (Å²) in [4.78, 5) is 2.77. The molecule has 1 aliphatic heterocycles. The molecule has 22 heavy (non-hydrogen) atoms. The van der Waals surface area contributed by atoms with Gasteiger partial charge in [-0.05, 0) is 63.0 Å². The molecule has 0 spiro atoms. The molecule has 1 saturated heterocycles. The number of piperidine rings is 1. The van der Waals surface area contributed by atoms with Gasteiger partial charge in [-0.2, -0.15) is 0 Å². The fourth-order valence-corrected chi connectivity index (χ4v) is 4.20. The Kier molecular flexibility index (Phi) is 6.68. The molecule has 6 heteroatoms. The van der Waals surface area contributed by atoms with Crippen LogP contribution in [0.3, 0.4) is 0 Å². The van der Waals surface area contributed by atoms with E-state index in [2.05, 4.69) is 16.5 Å². The molecule has 124 valence electrons. The summed E-state index contributed by atoms with van der Waals surface area (Å²) in [7, 11) is -3.43. The van der Waals surface area contributed by atoms with Gasteiger partial charge in [0.05, 0.1) is 4.90 Å². The van der Waals surface area contributed by atoms with Crippen LogP contribution in [0.2, 0.25) is 5.02 Å². The van der Waals surface area contributed by atoms with E-state index in [1.807, 2.05) is 0 Å². The van der Waals surface area contributed by atoms with E-state index in [1.54, 1.807) is 12.1 Å². The summed E-state index contributed by atoms with van der Waals surface area (Å²) in [5.41, 5.74) is 0. The molecule has 0 bridgehead atoms. The Bertz CT molecular complexity index is 560. The number of hydrogen-bond donors (Lipinski definition) is 1. The van der Waals surface area contributed by atoms with E-state index in [1.165, 1.54) is 37.8 Å². The molecular weight excluding hydrogens is 320 g/mol. The van der Waals surface area contributed by atoms with E-state index in [0.717, 1.165) is 19.5 Å². The van der Waals surface area contributed by atoms with E-state index < -0.39 is 10.0 Å². The lowest BCUT2D eigenvalue weighted by atomic mass is 10.00. The van der Waals surface area contributed by atoms with Crippen molar-refractivity contribution in [2.75, 3.05) is 19.6 Å². The second-order valence-corrected chi connectivity index (χ2v) is 8.00.